The van der Waals surface area contributed by atoms with E-state index < -0.39 is 0 Å². The van der Waals surface area contributed by atoms with E-state index >= 15 is 0 Å². The van der Waals surface area contributed by atoms with E-state index in [1.165, 1.54) is 10.4 Å². The summed E-state index contributed by atoms with van der Waals surface area (Å²) < 4.78 is 0. The third kappa shape index (κ3) is 4.16. The molecule has 2 rings (SSSR count). The molecule has 0 aliphatic carbocycles. The number of hydrogen-bond donors (Lipinski definition) is 2. The third-order valence-corrected chi connectivity index (χ3v) is 3.78. The number of rotatable bonds is 6. The molecule has 1 aromatic heterocycles. The van der Waals surface area contributed by atoms with Crippen molar-refractivity contribution in [3.8, 4) is 5.69 Å². The molecule has 1 amide bonds. The Labute approximate surface area is 136 Å². The number of benzene rings is 1. The zero-order chi connectivity index (χ0) is 17.0. The summed E-state index contributed by atoms with van der Waals surface area (Å²) >= 11 is 0. The number of nitrogens with zero attached hydrogens (tertiary/aromatic N) is 3. The van der Waals surface area contributed by atoms with Crippen molar-refractivity contribution in [1.82, 2.24) is 20.3 Å². The number of aliphatic hydroxyl groups excluding tert-OH is 1. The predicted octanol–water partition coefficient (Wildman–Crippen LogP) is 2.15. The Balaban J connectivity index is 2.23. The highest BCUT2D eigenvalue weighted by molar-refractivity contribution is 5.93. The molecule has 2 N–H and O–H groups in total. The van der Waals surface area contributed by atoms with Crippen LogP contribution >= 0.6 is 0 Å². The van der Waals surface area contributed by atoms with Crippen LogP contribution in [0.25, 0.3) is 5.69 Å². The molecular formula is C17H24N4O2. The van der Waals surface area contributed by atoms with Gasteiger partial charge in [0.2, 0.25) is 0 Å². The highest BCUT2D eigenvalue weighted by Gasteiger charge is 2.18. The first kappa shape index (κ1) is 17.1. The topological polar surface area (TPSA) is 80.0 Å². The molecule has 0 aliphatic heterocycles. The molecule has 0 saturated carbocycles. The van der Waals surface area contributed by atoms with E-state index in [1.54, 1.807) is 0 Å². The van der Waals surface area contributed by atoms with Crippen LogP contribution in [0.5, 0.6) is 0 Å². The molecular weight excluding hydrogens is 292 g/mol. The van der Waals surface area contributed by atoms with Crippen LogP contribution in [0.3, 0.4) is 0 Å². The molecule has 1 heterocycles. The fourth-order valence-electron chi connectivity index (χ4n) is 2.14. The quantitative estimate of drug-likeness (QED) is 0.856. The molecule has 23 heavy (non-hydrogen) atoms. The Morgan fingerprint density at radius 3 is 2.61 bits per heavy atom. The number of carbonyl (C=O) groups excluding carboxylic acids is 1. The van der Waals surface area contributed by atoms with Gasteiger partial charge in [0, 0.05) is 6.54 Å². The van der Waals surface area contributed by atoms with Gasteiger partial charge in [0.25, 0.3) is 5.91 Å². The minimum absolute atomic E-state index is 0.175. The van der Waals surface area contributed by atoms with Crippen molar-refractivity contribution >= 4 is 5.91 Å². The predicted molar refractivity (Wildman–Crippen MR) is 88.5 cm³/mol. The highest BCUT2D eigenvalue weighted by Crippen LogP contribution is 2.14. The molecule has 6 nitrogen and oxygen atoms in total. The number of aromatic nitrogens is 3. The van der Waals surface area contributed by atoms with Crippen LogP contribution in [-0.2, 0) is 6.61 Å². The van der Waals surface area contributed by atoms with Gasteiger partial charge in [0.05, 0.1) is 12.3 Å². The summed E-state index contributed by atoms with van der Waals surface area (Å²) in [6.45, 7) is 8.50. The monoisotopic (exact) mass is 316 g/mol. The standard InChI is InChI=1S/C17H24N4O2/c1-11(2)7-8-18-17(23)16-15(10-22)19-21(20-16)14-6-5-12(3)13(4)9-14/h5-6,9,11,22H,7-8,10H2,1-4H3,(H,18,23). The van der Waals surface area contributed by atoms with E-state index in [-0.39, 0.29) is 23.9 Å². The fraction of sp³-hybridized carbons (Fsp3) is 0.471. The van der Waals surface area contributed by atoms with Crippen LogP contribution in [0.15, 0.2) is 18.2 Å². The maximum absolute atomic E-state index is 12.2. The van der Waals surface area contributed by atoms with Gasteiger partial charge in [-0.25, -0.2) is 0 Å². The molecule has 0 unspecified atom stereocenters. The second-order valence-electron chi connectivity index (χ2n) is 6.15. The summed E-state index contributed by atoms with van der Waals surface area (Å²) in [4.78, 5) is 13.6. The zero-order valence-electron chi connectivity index (χ0n) is 14.1. The van der Waals surface area contributed by atoms with Gasteiger partial charge in [-0.05, 0) is 49.4 Å². The van der Waals surface area contributed by atoms with Crippen molar-refractivity contribution in [2.45, 2.75) is 40.7 Å². The Morgan fingerprint density at radius 2 is 2.00 bits per heavy atom. The van der Waals surface area contributed by atoms with E-state index in [4.69, 9.17) is 0 Å². The van der Waals surface area contributed by atoms with Gasteiger partial charge in [0.1, 0.15) is 5.69 Å². The lowest BCUT2D eigenvalue weighted by molar-refractivity contribution is 0.0943. The van der Waals surface area contributed by atoms with Crippen LogP contribution in [-0.4, -0.2) is 32.6 Å². The van der Waals surface area contributed by atoms with Crippen molar-refractivity contribution in [3.05, 3.63) is 40.7 Å². The first-order valence-corrected chi connectivity index (χ1v) is 7.85. The molecule has 0 fully saturated rings. The minimum Gasteiger partial charge on any atom is -0.390 e. The summed E-state index contributed by atoms with van der Waals surface area (Å²) in [7, 11) is 0. The fourth-order valence-corrected chi connectivity index (χ4v) is 2.14. The Hall–Kier alpha value is -2.21. The Kier molecular flexibility index (Phi) is 5.50. The van der Waals surface area contributed by atoms with Crippen LogP contribution in [0.4, 0.5) is 0 Å². The highest BCUT2D eigenvalue weighted by atomic mass is 16.3. The van der Waals surface area contributed by atoms with E-state index in [0.29, 0.717) is 12.5 Å². The van der Waals surface area contributed by atoms with Crippen molar-refractivity contribution in [1.29, 1.82) is 0 Å². The summed E-state index contributed by atoms with van der Waals surface area (Å²) in [6, 6.07) is 5.83. The van der Waals surface area contributed by atoms with Gasteiger partial charge in [-0.3, -0.25) is 4.79 Å². The maximum atomic E-state index is 12.2. The smallest absolute Gasteiger partial charge is 0.273 e. The SMILES string of the molecule is Cc1ccc(-n2nc(CO)c(C(=O)NCCC(C)C)n2)cc1C. The van der Waals surface area contributed by atoms with Crippen molar-refractivity contribution < 1.29 is 9.90 Å². The largest absolute Gasteiger partial charge is 0.390 e. The first-order valence-electron chi connectivity index (χ1n) is 7.85. The number of hydrogen-bond acceptors (Lipinski definition) is 4. The van der Waals surface area contributed by atoms with Gasteiger partial charge in [0.15, 0.2) is 5.69 Å². The van der Waals surface area contributed by atoms with Crippen molar-refractivity contribution in [2.24, 2.45) is 5.92 Å². The summed E-state index contributed by atoms with van der Waals surface area (Å²) in [5, 5.41) is 20.8. The Morgan fingerprint density at radius 1 is 1.26 bits per heavy atom. The molecule has 124 valence electrons. The van der Waals surface area contributed by atoms with Gasteiger partial charge in [-0.2, -0.15) is 4.80 Å². The van der Waals surface area contributed by atoms with Crippen LogP contribution in [0.1, 0.15) is 47.6 Å². The number of aliphatic hydroxyl groups is 1. The van der Waals surface area contributed by atoms with Gasteiger partial charge in [-0.15, -0.1) is 10.2 Å². The molecule has 6 heteroatoms. The van der Waals surface area contributed by atoms with Crippen LogP contribution in [0.2, 0.25) is 0 Å². The van der Waals surface area contributed by atoms with E-state index in [2.05, 4.69) is 29.4 Å². The average molecular weight is 316 g/mol. The molecule has 1 aromatic carbocycles. The number of carbonyl (C=O) groups is 1. The number of aryl methyl sites for hydroxylation is 2. The van der Waals surface area contributed by atoms with Crippen molar-refractivity contribution in [2.75, 3.05) is 6.54 Å². The summed E-state index contributed by atoms with van der Waals surface area (Å²) in [5.74, 6) is 0.212. The van der Waals surface area contributed by atoms with Crippen molar-refractivity contribution in [3.63, 3.8) is 0 Å². The molecule has 0 atom stereocenters. The van der Waals surface area contributed by atoms with E-state index in [0.717, 1.165) is 17.7 Å². The Bertz CT molecular complexity index is 692. The number of amides is 1. The van der Waals surface area contributed by atoms with Crippen LogP contribution in [0, 0.1) is 19.8 Å². The molecule has 2 aromatic rings. The van der Waals surface area contributed by atoms with Gasteiger partial charge >= 0.3 is 0 Å². The average Bonchev–Trinajstić information content (AvgIpc) is 2.94. The molecule has 0 bridgehead atoms. The normalized spacial score (nSPS) is 11.0. The lowest BCUT2D eigenvalue weighted by Gasteiger charge is -2.06. The second kappa shape index (κ2) is 7.37. The van der Waals surface area contributed by atoms with E-state index in [1.807, 2.05) is 32.0 Å². The maximum Gasteiger partial charge on any atom is 0.273 e. The third-order valence-electron chi connectivity index (χ3n) is 3.78. The summed E-state index contributed by atoms with van der Waals surface area (Å²) in [6.07, 6.45) is 0.894. The first-order chi connectivity index (χ1) is 10.9. The molecule has 0 spiro atoms. The minimum atomic E-state index is -0.322. The van der Waals surface area contributed by atoms with Gasteiger partial charge < -0.3 is 10.4 Å². The molecule has 0 radical (unpaired) electrons. The van der Waals surface area contributed by atoms with Gasteiger partial charge in [-0.1, -0.05) is 19.9 Å². The lowest BCUT2D eigenvalue weighted by Crippen LogP contribution is -2.26. The summed E-state index contributed by atoms with van der Waals surface area (Å²) in [5.41, 5.74) is 3.52. The lowest BCUT2D eigenvalue weighted by atomic mass is 10.1. The molecule has 0 saturated heterocycles. The van der Waals surface area contributed by atoms with E-state index in [9.17, 15) is 9.90 Å². The molecule has 0 aliphatic rings. The van der Waals surface area contributed by atoms with Crippen LogP contribution < -0.4 is 5.32 Å². The second-order valence-corrected chi connectivity index (χ2v) is 6.15. The number of nitrogens with one attached hydrogen (secondary N) is 1. The zero-order valence-corrected chi connectivity index (χ0v) is 14.1.